The largest absolute Gasteiger partial charge is 0.484 e. The molecular weight excluding hydrogens is 344 g/mol. The van der Waals surface area contributed by atoms with Gasteiger partial charge < -0.3 is 4.74 Å². The Balaban J connectivity index is 1.54. The second-order valence-corrected chi connectivity index (χ2v) is 5.84. The third kappa shape index (κ3) is 4.36. The summed E-state index contributed by atoms with van der Waals surface area (Å²) in [5.74, 6) is -0.0305. The van der Waals surface area contributed by atoms with Crippen LogP contribution in [0.3, 0.4) is 0 Å². The van der Waals surface area contributed by atoms with Crippen LogP contribution in [0.2, 0.25) is 0 Å². The lowest BCUT2D eigenvalue weighted by Crippen LogP contribution is -2.20. The summed E-state index contributed by atoms with van der Waals surface area (Å²) in [6.45, 7) is -0.238. The fraction of sp³-hybridized carbons (Fsp3) is 0.0625. The molecule has 0 saturated heterocycles. The van der Waals surface area contributed by atoms with Gasteiger partial charge >= 0.3 is 0 Å². The van der Waals surface area contributed by atoms with E-state index < -0.39 is 10.8 Å². The summed E-state index contributed by atoms with van der Waals surface area (Å²) >= 11 is 1.26. The number of rotatable bonds is 6. The third-order valence-corrected chi connectivity index (χ3v) is 4.00. The van der Waals surface area contributed by atoms with Crippen molar-refractivity contribution in [3.8, 4) is 16.3 Å². The second-order valence-electron chi connectivity index (χ2n) is 4.87. The van der Waals surface area contributed by atoms with Gasteiger partial charge in [-0.1, -0.05) is 41.7 Å². The molecule has 0 aliphatic rings. The first kappa shape index (κ1) is 16.5. The molecular formula is C16H12N4O4S. The van der Waals surface area contributed by atoms with Gasteiger partial charge in [0.25, 0.3) is 11.6 Å². The van der Waals surface area contributed by atoms with Crippen molar-refractivity contribution in [3.63, 3.8) is 0 Å². The van der Waals surface area contributed by atoms with E-state index in [2.05, 4.69) is 15.5 Å². The van der Waals surface area contributed by atoms with Crippen molar-refractivity contribution in [1.82, 2.24) is 10.2 Å². The van der Waals surface area contributed by atoms with Crippen molar-refractivity contribution in [1.29, 1.82) is 0 Å². The smallest absolute Gasteiger partial charge is 0.269 e. The molecule has 2 aromatic carbocycles. The monoisotopic (exact) mass is 356 g/mol. The Morgan fingerprint density at radius 3 is 2.52 bits per heavy atom. The second kappa shape index (κ2) is 7.49. The molecule has 1 N–H and O–H groups in total. The van der Waals surface area contributed by atoms with Crippen LogP contribution in [0.15, 0.2) is 54.6 Å². The molecule has 0 radical (unpaired) electrons. The van der Waals surface area contributed by atoms with Crippen LogP contribution < -0.4 is 10.1 Å². The molecule has 0 unspecified atom stereocenters. The minimum absolute atomic E-state index is 0.0425. The first-order chi connectivity index (χ1) is 12.1. The van der Waals surface area contributed by atoms with Crippen LogP contribution in [0.5, 0.6) is 5.75 Å². The summed E-state index contributed by atoms with van der Waals surface area (Å²) in [7, 11) is 0. The Hall–Kier alpha value is -3.33. The predicted molar refractivity (Wildman–Crippen MR) is 92.6 cm³/mol. The van der Waals surface area contributed by atoms with Gasteiger partial charge in [-0.2, -0.15) is 0 Å². The maximum absolute atomic E-state index is 11.9. The minimum atomic E-state index is -0.504. The zero-order valence-corrected chi connectivity index (χ0v) is 13.6. The SMILES string of the molecule is O=C(COc1ccc([N+](=O)[O-])cc1)Nc1nnc(-c2ccccc2)s1. The maximum Gasteiger partial charge on any atom is 0.269 e. The molecule has 9 heteroatoms. The molecule has 0 aliphatic carbocycles. The molecule has 0 saturated carbocycles. The van der Waals surface area contributed by atoms with Crippen molar-refractivity contribution in [3.05, 3.63) is 64.7 Å². The summed E-state index contributed by atoms with van der Waals surface area (Å²) in [6, 6.07) is 15.0. The fourth-order valence-corrected chi connectivity index (χ4v) is 2.70. The minimum Gasteiger partial charge on any atom is -0.484 e. The number of aromatic nitrogens is 2. The van der Waals surface area contributed by atoms with Crippen molar-refractivity contribution in [2.75, 3.05) is 11.9 Å². The summed E-state index contributed by atoms with van der Waals surface area (Å²) < 4.78 is 5.29. The summed E-state index contributed by atoms with van der Waals surface area (Å²) in [4.78, 5) is 22.0. The highest BCUT2D eigenvalue weighted by Gasteiger charge is 2.11. The maximum atomic E-state index is 11.9. The number of carbonyl (C=O) groups is 1. The highest BCUT2D eigenvalue weighted by atomic mass is 32.1. The van der Waals surface area contributed by atoms with Gasteiger partial charge in [-0.3, -0.25) is 20.2 Å². The van der Waals surface area contributed by atoms with E-state index in [1.807, 2.05) is 30.3 Å². The number of non-ortho nitro benzene ring substituents is 1. The Kier molecular flexibility index (Phi) is 4.95. The first-order valence-corrected chi connectivity index (χ1v) is 7.99. The molecule has 8 nitrogen and oxygen atoms in total. The van der Waals surface area contributed by atoms with Crippen LogP contribution in [-0.4, -0.2) is 27.6 Å². The molecule has 25 heavy (non-hydrogen) atoms. The average Bonchev–Trinajstić information content (AvgIpc) is 3.09. The van der Waals surface area contributed by atoms with Crippen molar-refractivity contribution in [2.45, 2.75) is 0 Å². The van der Waals surface area contributed by atoms with Crippen molar-refractivity contribution < 1.29 is 14.5 Å². The summed E-state index contributed by atoms with van der Waals surface area (Å²) in [5.41, 5.74) is 0.877. The molecule has 0 aliphatic heterocycles. The van der Waals surface area contributed by atoms with Crippen LogP contribution in [0.25, 0.3) is 10.6 Å². The Bertz CT molecular complexity index is 881. The normalized spacial score (nSPS) is 10.2. The van der Waals surface area contributed by atoms with Crippen molar-refractivity contribution >= 4 is 28.1 Å². The van der Waals surface area contributed by atoms with Gasteiger partial charge in [0.2, 0.25) is 5.13 Å². The van der Waals surface area contributed by atoms with Crippen molar-refractivity contribution in [2.24, 2.45) is 0 Å². The quantitative estimate of drug-likeness (QED) is 0.537. The number of hydrogen-bond donors (Lipinski definition) is 1. The summed E-state index contributed by atoms with van der Waals surface area (Å²) in [5, 5.41) is 22.2. The molecule has 1 aromatic heterocycles. The van der Waals surface area contributed by atoms with E-state index in [-0.39, 0.29) is 12.3 Å². The number of hydrogen-bond acceptors (Lipinski definition) is 7. The number of nitro benzene ring substituents is 1. The molecule has 0 fully saturated rings. The molecule has 1 heterocycles. The van der Waals surface area contributed by atoms with Gasteiger partial charge in [-0.25, -0.2) is 0 Å². The lowest BCUT2D eigenvalue weighted by molar-refractivity contribution is -0.384. The Morgan fingerprint density at radius 1 is 1.12 bits per heavy atom. The number of nitrogens with one attached hydrogen (secondary N) is 1. The molecule has 0 atom stereocenters. The number of nitro groups is 1. The Labute approximate surface area is 146 Å². The zero-order valence-electron chi connectivity index (χ0n) is 12.8. The number of benzene rings is 2. The lowest BCUT2D eigenvalue weighted by Gasteiger charge is -2.05. The van der Waals surface area contributed by atoms with Crippen LogP contribution in [0, 0.1) is 10.1 Å². The molecule has 0 bridgehead atoms. The topological polar surface area (TPSA) is 107 Å². The standard InChI is InChI=1S/C16H12N4O4S/c21-14(10-24-13-8-6-12(7-9-13)20(22)23)17-16-19-18-15(25-16)11-4-2-1-3-5-11/h1-9H,10H2,(H,17,19,21). The van der Waals surface area contributed by atoms with Gasteiger partial charge in [-0.15, -0.1) is 10.2 Å². The molecule has 126 valence electrons. The number of nitrogens with zero attached hydrogens (tertiary/aromatic N) is 3. The van der Waals surface area contributed by atoms with Crippen LogP contribution in [0.1, 0.15) is 0 Å². The predicted octanol–water partition coefficient (Wildman–Crippen LogP) is 3.13. The summed E-state index contributed by atoms with van der Waals surface area (Å²) in [6.07, 6.45) is 0. The van der Waals surface area contributed by atoms with E-state index in [1.54, 1.807) is 0 Å². The fourth-order valence-electron chi connectivity index (χ4n) is 1.94. The van der Waals surface area contributed by atoms with Crippen LogP contribution in [0.4, 0.5) is 10.8 Å². The molecule has 0 spiro atoms. The van der Waals surface area contributed by atoms with Gasteiger partial charge in [0.15, 0.2) is 6.61 Å². The van der Waals surface area contributed by atoms with E-state index in [9.17, 15) is 14.9 Å². The van der Waals surface area contributed by atoms with Gasteiger partial charge in [0.05, 0.1) is 4.92 Å². The number of carbonyl (C=O) groups excluding carboxylic acids is 1. The van der Waals surface area contributed by atoms with E-state index in [0.29, 0.717) is 15.9 Å². The van der Waals surface area contributed by atoms with E-state index in [0.717, 1.165) is 5.56 Å². The third-order valence-electron chi connectivity index (χ3n) is 3.11. The number of ether oxygens (including phenoxy) is 1. The highest BCUT2D eigenvalue weighted by Crippen LogP contribution is 2.25. The van der Waals surface area contributed by atoms with Gasteiger partial charge in [0, 0.05) is 17.7 Å². The Morgan fingerprint density at radius 2 is 1.84 bits per heavy atom. The van der Waals surface area contributed by atoms with Crippen LogP contribution in [-0.2, 0) is 4.79 Å². The molecule has 3 aromatic rings. The lowest BCUT2D eigenvalue weighted by atomic mass is 10.2. The van der Waals surface area contributed by atoms with Gasteiger partial charge in [0.1, 0.15) is 10.8 Å². The van der Waals surface area contributed by atoms with Gasteiger partial charge in [-0.05, 0) is 12.1 Å². The number of amides is 1. The highest BCUT2D eigenvalue weighted by molar-refractivity contribution is 7.18. The molecule has 1 amide bonds. The molecule has 3 rings (SSSR count). The zero-order chi connectivity index (χ0) is 17.6. The number of anilines is 1. The average molecular weight is 356 g/mol. The van der Waals surface area contributed by atoms with Crippen LogP contribution >= 0.6 is 11.3 Å². The van der Waals surface area contributed by atoms with E-state index in [4.69, 9.17) is 4.74 Å². The van der Waals surface area contributed by atoms with E-state index in [1.165, 1.54) is 35.6 Å². The first-order valence-electron chi connectivity index (χ1n) is 7.18. The van der Waals surface area contributed by atoms with E-state index >= 15 is 0 Å².